The van der Waals surface area contributed by atoms with Crippen molar-refractivity contribution in [2.45, 2.75) is 50.8 Å². The van der Waals surface area contributed by atoms with E-state index in [-0.39, 0.29) is 11.9 Å². The van der Waals surface area contributed by atoms with E-state index >= 15 is 0 Å². The fourth-order valence-corrected chi connectivity index (χ4v) is 6.43. The van der Waals surface area contributed by atoms with Crippen LogP contribution in [0.15, 0.2) is 30.3 Å². The van der Waals surface area contributed by atoms with Gasteiger partial charge < -0.3 is 25.4 Å². The normalized spacial score (nSPS) is 24.3. The average Bonchev–Trinajstić information content (AvgIpc) is 3.43. The Bertz CT molecular complexity index is 1230. The first-order valence-electron chi connectivity index (χ1n) is 11.7. The molecule has 0 spiro atoms. The number of hydrogen-bond donors (Lipinski definition) is 2. The Morgan fingerprint density at radius 2 is 2.18 bits per heavy atom. The van der Waals surface area contributed by atoms with Gasteiger partial charge in [0.25, 0.3) is 5.91 Å². The van der Waals surface area contributed by atoms with E-state index in [9.17, 15) is 4.79 Å². The van der Waals surface area contributed by atoms with Gasteiger partial charge in [0.15, 0.2) is 0 Å². The minimum atomic E-state index is -0.164. The van der Waals surface area contributed by atoms with Crippen LogP contribution in [0.5, 0.6) is 5.75 Å². The second-order valence-corrected chi connectivity index (χ2v) is 10.2. The monoisotopic (exact) mass is 464 g/mol. The van der Waals surface area contributed by atoms with Crippen molar-refractivity contribution in [1.82, 2.24) is 10.3 Å². The predicted octanol–water partition coefficient (Wildman–Crippen LogP) is 3.68. The fraction of sp³-hybridized carbons (Fsp3) is 0.440. The largest absolute Gasteiger partial charge is 0.491 e. The van der Waals surface area contributed by atoms with E-state index < -0.39 is 0 Å². The molecule has 4 heterocycles. The van der Waals surface area contributed by atoms with Gasteiger partial charge in [-0.15, -0.1) is 11.3 Å². The molecule has 3 aromatic rings. The van der Waals surface area contributed by atoms with Crippen LogP contribution >= 0.6 is 11.3 Å². The molecular weight excluding hydrogens is 436 g/mol. The molecule has 1 saturated carbocycles. The summed E-state index contributed by atoms with van der Waals surface area (Å²) < 4.78 is 12.1. The summed E-state index contributed by atoms with van der Waals surface area (Å²) >= 11 is 1.34. The van der Waals surface area contributed by atoms with E-state index in [0.29, 0.717) is 29.3 Å². The molecule has 6 rings (SSSR count). The molecule has 0 bridgehead atoms. The molecule has 1 saturated heterocycles. The number of nitrogens with zero attached hydrogens (tertiary/aromatic N) is 2. The number of nitrogens with one attached hydrogen (secondary N) is 1. The number of rotatable bonds is 3. The summed E-state index contributed by atoms with van der Waals surface area (Å²) in [7, 11) is 0. The summed E-state index contributed by atoms with van der Waals surface area (Å²) in [6.07, 6.45) is 4.67. The number of nitrogens with two attached hydrogens (primary N) is 1. The van der Waals surface area contributed by atoms with Crippen LogP contribution in [0.2, 0.25) is 0 Å². The van der Waals surface area contributed by atoms with Gasteiger partial charge in [-0.1, -0.05) is 6.07 Å². The molecule has 2 aliphatic heterocycles. The molecule has 7 nitrogen and oxygen atoms in total. The molecule has 1 aliphatic carbocycles. The molecule has 1 aromatic carbocycles. The number of fused-ring (bicyclic) bond motifs is 3. The van der Waals surface area contributed by atoms with E-state index in [1.165, 1.54) is 29.9 Å². The first-order valence-corrected chi connectivity index (χ1v) is 12.5. The highest BCUT2D eigenvalue weighted by Crippen LogP contribution is 2.37. The maximum atomic E-state index is 13.0. The minimum Gasteiger partial charge on any atom is -0.491 e. The second-order valence-electron chi connectivity index (χ2n) is 9.23. The van der Waals surface area contributed by atoms with Gasteiger partial charge in [0.2, 0.25) is 0 Å². The smallest absolute Gasteiger partial charge is 0.263 e. The van der Waals surface area contributed by atoms with Crippen LogP contribution in [0.25, 0.3) is 10.2 Å². The Morgan fingerprint density at radius 3 is 3.09 bits per heavy atom. The summed E-state index contributed by atoms with van der Waals surface area (Å²) in [6.45, 7) is 4.08. The number of ether oxygens (including phenoxy) is 2. The molecule has 1 amide bonds. The number of pyridine rings is 1. The van der Waals surface area contributed by atoms with Gasteiger partial charge in [0.1, 0.15) is 22.1 Å². The second kappa shape index (κ2) is 8.18. The van der Waals surface area contributed by atoms with Crippen molar-refractivity contribution in [1.29, 1.82) is 0 Å². The Hall–Kier alpha value is -2.84. The SMILES string of the molecule is Cc1ccc2c(N)c(C(=O)N[C@H]3COc4cc(N5CCO[C@H]6CCC[C@H]65)ccc4C3)sc2n1. The van der Waals surface area contributed by atoms with Crippen LogP contribution in [-0.4, -0.2) is 48.8 Å². The van der Waals surface area contributed by atoms with Crippen LogP contribution in [0.3, 0.4) is 0 Å². The molecule has 2 aromatic heterocycles. The summed E-state index contributed by atoms with van der Waals surface area (Å²) in [5, 5.41) is 3.95. The Balaban J connectivity index is 1.16. The number of nitrogen functional groups attached to an aromatic ring is 1. The third-order valence-corrected chi connectivity index (χ3v) is 8.16. The zero-order valence-electron chi connectivity index (χ0n) is 18.7. The molecule has 3 N–H and O–H groups in total. The van der Waals surface area contributed by atoms with Crippen molar-refractivity contribution in [2.75, 3.05) is 30.4 Å². The Kier molecular flexibility index (Phi) is 5.14. The zero-order chi connectivity index (χ0) is 22.5. The topological polar surface area (TPSA) is 89.7 Å². The van der Waals surface area contributed by atoms with E-state index in [4.69, 9.17) is 15.2 Å². The quantitative estimate of drug-likeness (QED) is 0.615. The molecule has 33 heavy (non-hydrogen) atoms. The van der Waals surface area contributed by atoms with Crippen molar-refractivity contribution in [3.8, 4) is 5.75 Å². The number of thiophene rings is 1. The molecule has 3 atom stereocenters. The van der Waals surface area contributed by atoms with Gasteiger partial charge in [-0.3, -0.25) is 4.79 Å². The van der Waals surface area contributed by atoms with E-state index in [2.05, 4.69) is 33.4 Å². The number of anilines is 2. The van der Waals surface area contributed by atoms with Gasteiger partial charge >= 0.3 is 0 Å². The summed E-state index contributed by atoms with van der Waals surface area (Å²) in [6, 6.07) is 10.7. The lowest BCUT2D eigenvalue weighted by Gasteiger charge is -2.40. The zero-order valence-corrected chi connectivity index (χ0v) is 19.5. The van der Waals surface area contributed by atoms with E-state index in [0.717, 1.165) is 53.2 Å². The molecular formula is C25H28N4O3S. The minimum absolute atomic E-state index is 0.0993. The maximum Gasteiger partial charge on any atom is 0.263 e. The number of aryl methyl sites for hydroxylation is 1. The van der Waals surface area contributed by atoms with Gasteiger partial charge in [0, 0.05) is 29.4 Å². The fourth-order valence-electron chi connectivity index (χ4n) is 5.39. The number of amides is 1. The number of hydrogen-bond acceptors (Lipinski definition) is 7. The Morgan fingerprint density at radius 1 is 1.27 bits per heavy atom. The first-order chi connectivity index (χ1) is 16.1. The molecule has 172 valence electrons. The number of morpholine rings is 1. The summed E-state index contributed by atoms with van der Waals surface area (Å²) in [4.78, 5) is 21.3. The molecule has 2 fully saturated rings. The summed E-state index contributed by atoms with van der Waals surface area (Å²) in [5.74, 6) is 0.752. The van der Waals surface area contributed by atoms with Crippen molar-refractivity contribution < 1.29 is 14.3 Å². The predicted molar refractivity (Wildman–Crippen MR) is 130 cm³/mol. The highest BCUT2D eigenvalue weighted by atomic mass is 32.1. The standard InChI is InChI=1S/C25H28N4O3S/c1-14-5-8-18-22(26)23(33-25(18)27-14)24(30)28-16-11-15-6-7-17(12-21(15)32-13-16)29-9-10-31-20-4-2-3-19(20)29/h5-8,12,16,19-20H,2-4,9-11,13,26H2,1H3,(H,28,30)/t16-,19-,20+/m1/s1. The molecule has 3 aliphatic rings. The van der Waals surface area contributed by atoms with E-state index in [1.54, 1.807) is 0 Å². The van der Waals surface area contributed by atoms with Gasteiger partial charge in [-0.05, 0) is 56.4 Å². The first kappa shape index (κ1) is 20.7. The van der Waals surface area contributed by atoms with Crippen LogP contribution in [0.4, 0.5) is 11.4 Å². The lowest BCUT2D eigenvalue weighted by atomic mass is 10.0. The van der Waals surface area contributed by atoms with Crippen LogP contribution in [-0.2, 0) is 11.2 Å². The number of carbonyl (C=O) groups is 1. The number of benzene rings is 1. The molecule has 0 radical (unpaired) electrons. The van der Waals surface area contributed by atoms with Gasteiger partial charge in [0.05, 0.1) is 30.5 Å². The highest BCUT2D eigenvalue weighted by Gasteiger charge is 2.36. The van der Waals surface area contributed by atoms with Gasteiger partial charge in [-0.2, -0.15) is 0 Å². The van der Waals surface area contributed by atoms with E-state index in [1.807, 2.05) is 19.1 Å². The molecule has 8 heteroatoms. The van der Waals surface area contributed by atoms with Crippen molar-refractivity contribution in [3.63, 3.8) is 0 Å². The lowest BCUT2D eigenvalue weighted by Crippen LogP contribution is -2.48. The van der Waals surface area contributed by atoms with Gasteiger partial charge in [-0.25, -0.2) is 4.98 Å². The molecule has 0 unspecified atom stereocenters. The van der Waals surface area contributed by atoms with Crippen LogP contribution < -0.4 is 20.7 Å². The Labute approximate surface area is 196 Å². The average molecular weight is 465 g/mol. The third-order valence-electron chi connectivity index (χ3n) is 7.05. The van der Waals surface area contributed by atoms with Crippen LogP contribution in [0, 0.1) is 6.92 Å². The summed E-state index contributed by atoms with van der Waals surface area (Å²) in [5.41, 5.74) is 9.99. The van der Waals surface area contributed by atoms with Crippen molar-refractivity contribution in [2.24, 2.45) is 0 Å². The van der Waals surface area contributed by atoms with Crippen molar-refractivity contribution >= 4 is 38.8 Å². The van der Waals surface area contributed by atoms with Crippen molar-refractivity contribution in [3.05, 3.63) is 46.5 Å². The number of aromatic nitrogens is 1. The van der Waals surface area contributed by atoms with Crippen LogP contribution in [0.1, 0.15) is 40.2 Å². The third kappa shape index (κ3) is 3.71. The maximum absolute atomic E-state index is 13.0. The highest BCUT2D eigenvalue weighted by molar-refractivity contribution is 7.21. The number of carbonyl (C=O) groups excluding carboxylic acids is 1. The lowest BCUT2D eigenvalue weighted by molar-refractivity contribution is 0.0256.